The van der Waals surface area contributed by atoms with E-state index >= 15 is 0 Å². The molecule has 3 aromatic rings. The van der Waals surface area contributed by atoms with E-state index in [4.69, 9.17) is 11.6 Å². The SMILES string of the molecule is O=[N+]([O-])c1c(-c2ccc(Cl)cc2)[nH]c(C(F)(F)F)c1-c1csc(Br)c1Br. The fourth-order valence-corrected chi connectivity index (χ4v) is 4.50. The van der Waals surface area contributed by atoms with Crippen LogP contribution in [0.4, 0.5) is 18.9 Å². The lowest BCUT2D eigenvalue weighted by Crippen LogP contribution is -2.07. The predicted molar refractivity (Wildman–Crippen MR) is 102 cm³/mol. The number of halogens is 6. The number of thiophene rings is 1. The normalized spacial score (nSPS) is 11.8. The van der Waals surface area contributed by atoms with Crippen LogP contribution in [-0.2, 0) is 6.18 Å². The number of alkyl halides is 3. The van der Waals surface area contributed by atoms with Gasteiger partial charge in [-0.25, -0.2) is 0 Å². The fraction of sp³-hybridized carbons (Fsp3) is 0.0667. The molecule has 3 rings (SSSR count). The molecule has 1 aromatic carbocycles. The Labute approximate surface area is 170 Å². The Bertz CT molecular complexity index is 1000. The molecule has 0 fully saturated rings. The third kappa shape index (κ3) is 3.42. The molecule has 4 nitrogen and oxygen atoms in total. The quantitative estimate of drug-likeness (QED) is 0.281. The Morgan fingerprint density at radius 1 is 1.19 bits per heavy atom. The summed E-state index contributed by atoms with van der Waals surface area (Å²) in [4.78, 5) is 13.1. The highest BCUT2D eigenvalue weighted by molar-refractivity contribution is 9.13. The summed E-state index contributed by atoms with van der Waals surface area (Å²) in [7, 11) is 0. The zero-order valence-electron chi connectivity index (χ0n) is 12.3. The number of nitro groups is 1. The second kappa shape index (κ2) is 6.99. The highest BCUT2D eigenvalue weighted by atomic mass is 79.9. The van der Waals surface area contributed by atoms with Crippen molar-refractivity contribution in [2.75, 3.05) is 0 Å². The molecule has 11 heteroatoms. The maximum absolute atomic E-state index is 13.6. The fourth-order valence-electron chi connectivity index (χ4n) is 2.46. The van der Waals surface area contributed by atoms with Gasteiger partial charge in [0.15, 0.2) is 0 Å². The Morgan fingerprint density at radius 2 is 1.81 bits per heavy atom. The van der Waals surface area contributed by atoms with Crippen molar-refractivity contribution in [3.05, 3.63) is 58.7 Å². The van der Waals surface area contributed by atoms with Gasteiger partial charge in [0.25, 0.3) is 0 Å². The number of nitrogens with one attached hydrogen (secondary N) is 1. The molecule has 0 aliphatic heterocycles. The van der Waals surface area contributed by atoms with Gasteiger partial charge in [0.05, 0.1) is 18.7 Å². The number of benzene rings is 1. The van der Waals surface area contributed by atoms with E-state index in [0.29, 0.717) is 13.3 Å². The summed E-state index contributed by atoms with van der Waals surface area (Å²) in [5.74, 6) is 0. The number of H-pyrrole nitrogens is 1. The third-order valence-corrected chi connectivity index (χ3v) is 7.12. The van der Waals surface area contributed by atoms with Crippen molar-refractivity contribution >= 4 is 60.5 Å². The van der Waals surface area contributed by atoms with Gasteiger partial charge in [0.2, 0.25) is 0 Å². The van der Waals surface area contributed by atoms with Crippen molar-refractivity contribution in [3.63, 3.8) is 0 Å². The van der Waals surface area contributed by atoms with Crippen LogP contribution in [0, 0.1) is 10.1 Å². The minimum Gasteiger partial charge on any atom is -0.345 e. The zero-order valence-corrected chi connectivity index (χ0v) is 17.1. The zero-order chi connectivity index (χ0) is 19.2. The first-order chi connectivity index (χ1) is 12.1. The van der Waals surface area contributed by atoms with Crippen molar-refractivity contribution < 1.29 is 18.1 Å². The van der Waals surface area contributed by atoms with Crippen LogP contribution in [0.3, 0.4) is 0 Å². The van der Waals surface area contributed by atoms with E-state index in [1.54, 1.807) is 0 Å². The molecule has 0 atom stereocenters. The van der Waals surface area contributed by atoms with Gasteiger partial charge in [0.1, 0.15) is 11.4 Å². The lowest BCUT2D eigenvalue weighted by Gasteiger charge is -2.06. The van der Waals surface area contributed by atoms with Crippen LogP contribution in [0.5, 0.6) is 0 Å². The second-order valence-corrected chi connectivity index (χ2v) is 8.52. The van der Waals surface area contributed by atoms with Crippen LogP contribution in [0.1, 0.15) is 5.69 Å². The Hall–Kier alpha value is -1.36. The van der Waals surface area contributed by atoms with Gasteiger partial charge in [-0.3, -0.25) is 10.1 Å². The topological polar surface area (TPSA) is 58.9 Å². The smallest absolute Gasteiger partial charge is 0.345 e. The van der Waals surface area contributed by atoms with E-state index < -0.39 is 28.0 Å². The Kier molecular flexibility index (Phi) is 5.22. The van der Waals surface area contributed by atoms with Crippen LogP contribution in [0.25, 0.3) is 22.4 Å². The summed E-state index contributed by atoms with van der Waals surface area (Å²) < 4.78 is 41.7. The average molecular weight is 531 g/mol. The first-order valence-electron chi connectivity index (χ1n) is 6.77. The van der Waals surface area contributed by atoms with E-state index in [-0.39, 0.29) is 16.8 Å². The summed E-state index contributed by atoms with van der Waals surface area (Å²) >= 11 is 13.3. The molecule has 0 aliphatic carbocycles. The van der Waals surface area contributed by atoms with E-state index in [1.807, 2.05) is 0 Å². The lowest BCUT2D eigenvalue weighted by atomic mass is 10.0. The van der Waals surface area contributed by atoms with Gasteiger partial charge >= 0.3 is 11.9 Å². The van der Waals surface area contributed by atoms with Gasteiger partial charge in [-0.15, -0.1) is 11.3 Å². The van der Waals surface area contributed by atoms with Crippen molar-refractivity contribution in [2.24, 2.45) is 0 Å². The molecule has 0 unspecified atom stereocenters. The molecule has 0 saturated carbocycles. The van der Waals surface area contributed by atoms with Gasteiger partial charge in [-0.05, 0) is 44.0 Å². The van der Waals surface area contributed by atoms with Crippen LogP contribution in [0.15, 0.2) is 37.9 Å². The number of aromatic nitrogens is 1. The molecular weight excluding hydrogens is 524 g/mol. The molecule has 136 valence electrons. The van der Waals surface area contributed by atoms with E-state index in [1.165, 1.54) is 29.6 Å². The second-order valence-electron chi connectivity index (χ2n) is 5.10. The van der Waals surface area contributed by atoms with Crippen LogP contribution in [-0.4, -0.2) is 9.91 Å². The van der Waals surface area contributed by atoms with E-state index in [9.17, 15) is 23.3 Å². The third-order valence-electron chi connectivity index (χ3n) is 3.53. The van der Waals surface area contributed by atoms with Crippen molar-refractivity contribution in [3.8, 4) is 22.4 Å². The maximum Gasteiger partial charge on any atom is 0.432 e. The molecule has 0 radical (unpaired) electrons. The summed E-state index contributed by atoms with van der Waals surface area (Å²) in [6.07, 6.45) is -4.81. The predicted octanol–water partition coefficient (Wildman–Crippen LogP) is 7.52. The van der Waals surface area contributed by atoms with Crippen LogP contribution >= 0.6 is 54.8 Å². The minimum absolute atomic E-state index is 0.0809. The monoisotopic (exact) mass is 528 g/mol. The van der Waals surface area contributed by atoms with Crippen LogP contribution < -0.4 is 0 Å². The molecule has 26 heavy (non-hydrogen) atoms. The number of hydrogen-bond acceptors (Lipinski definition) is 3. The number of hydrogen-bond donors (Lipinski definition) is 1. The molecule has 2 aromatic heterocycles. The summed E-state index contributed by atoms with van der Waals surface area (Å²) in [6, 6.07) is 5.74. The van der Waals surface area contributed by atoms with Crippen molar-refractivity contribution in [1.29, 1.82) is 0 Å². The van der Waals surface area contributed by atoms with Gasteiger partial charge in [-0.1, -0.05) is 23.7 Å². The summed E-state index contributed by atoms with van der Waals surface area (Å²) in [6.45, 7) is 0. The summed E-state index contributed by atoms with van der Waals surface area (Å²) in [5, 5.41) is 13.5. The average Bonchev–Trinajstić information content (AvgIpc) is 3.09. The minimum atomic E-state index is -4.81. The van der Waals surface area contributed by atoms with Crippen molar-refractivity contribution in [2.45, 2.75) is 6.18 Å². The molecule has 2 heterocycles. The molecule has 0 amide bonds. The van der Waals surface area contributed by atoms with E-state index in [0.717, 1.165) is 11.3 Å². The number of rotatable bonds is 3. The first-order valence-corrected chi connectivity index (χ1v) is 9.62. The Balaban J connectivity index is 2.39. The maximum atomic E-state index is 13.6. The molecule has 0 aliphatic rings. The number of nitrogens with zero attached hydrogens (tertiary/aromatic N) is 1. The van der Waals surface area contributed by atoms with E-state index in [2.05, 4.69) is 36.8 Å². The number of aromatic amines is 1. The Morgan fingerprint density at radius 3 is 2.27 bits per heavy atom. The molecule has 1 N–H and O–H groups in total. The largest absolute Gasteiger partial charge is 0.432 e. The van der Waals surface area contributed by atoms with Gasteiger partial charge in [-0.2, -0.15) is 13.2 Å². The van der Waals surface area contributed by atoms with Crippen LogP contribution in [0.2, 0.25) is 5.02 Å². The molecule has 0 spiro atoms. The first kappa shape index (κ1) is 19.4. The lowest BCUT2D eigenvalue weighted by molar-refractivity contribution is -0.383. The highest BCUT2D eigenvalue weighted by Gasteiger charge is 2.43. The van der Waals surface area contributed by atoms with Crippen molar-refractivity contribution in [1.82, 2.24) is 4.98 Å². The van der Waals surface area contributed by atoms with Gasteiger partial charge in [0, 0.05) is 21.5 Å². The highest BCUT2D eigenvalue weighted by Crippen LogP contribution is 2.51. The molecule has 0 saturated heterocycles. The summed E-state index contributed by atoms with van der Waals surface area (Å²) in [5.41, 5.74) is -2.27. The standard InChI is InChI=1S/C15H6Br2ClF3N2O2S/c16-10-8(5-26-14(10)17)9-12(23(24)25)11(22-13(9)15(19,20)21)6-1-3-7(18)4-2-6/h1-5,22H. The van der Waals surface area contributed by atoms with Gasteiger partial charge < -0.3 is 4.98 Å². The molecular formula is C15H6Br2ClF3N2O2S. The molecule has 0 bridgehead atoms.